The lowest BCUT2D eigenvalue weighted by atomic mass is 10.3. The van der Waals surface area contributed by atoms with Gasteiger partial charge in [-0.15, -0.1) is 11.3 Å². The van der Waals surface area contributed by atoms with Gasteiger partial charge in [0.15, 0.2) is 0 Å². The van der Waals surface area contributed by atoms with E-state index in [0.29, 0.717) is 10.1 Å². The Kier molecular flexibility index (Phi) is 4.94. The van der Waals surface area contributed by atoms with Crippen LogP contribution in [-0.4, -0.2) is 26.0 Å². The molecule has 0 aromatic carbocycles. The van der Waals surface area contributed by atoms with Gasteiger partial charge in [0.1, 0.15) is 4.90 Å². The fourth-order valence-corrected chi connectivity index (χ4v) is 6.31. The van der Waals surface area contributed by atoms with Gasteiger partial charge < -0.3 is 5.73 Å². The second-order valence-electron chi connectivity index (χ2n) is 4.86. The van der Waals surface area contributed by atoms with Gasteiger partial charge in [-0.2, -0.15) is 11.8 Å². The second-order valence-corrected chi connectivity index (χ2v) is 8.62. The molecule has 108 valence electrons. The molecule has 1 aliphatic carbocycles. The van der Waals surface area contributed by atoms with Crippen molar-refractivity contribution in [2.24, 2.45) is 5.73 Å². The zero-order valence-corrected chi connectivity index (χ0v) is 13.6. The summed E-state index contributed by atoms with van der Waals surface area (Å²) in [5.41, 5.74) is 6.42. The summed E-state index contributed by atoms with van der Waals surface area (Å²) in [6, 6.07) is 0.0624. The van der Waals surface area contributed by atoms with Gasteiger partial charge in [0.25, 0.3) is 0 Å². The minimum Gasteiger partial charge on any atom is -0.326 e. The molecule has 0 amide bonds. The van der Waals surface area contributed by atoms with Crippen LogP contribution in [0.15, 0.2) is 10.3 Å². The summed E-state index contributed by atoms with van der Waals surface area (Å²) in [6.07, 6.45) is 5.01. The summed E-state index contributed by atoms with van der Waals surface area (Å²) in [7, 11) is -3.43. The summed E-state index contributed by atoms with van der Waals surface area (Å²) < 4.78 is 27.8. The van der Waals surface area contributed by atoms with Crippen molar-refractivity contribution in [3.63, 3.8) is 0 Å². The van der Waals surface area contributed by atoms with E-state index in [1.165, 1.54) is 11.3 Å². The quantitative estimate of drug-likeness (QED) is 0.871. The summed E-state index contributed by atoms with van der Waals surface area (Å²) >= 11 is 3.24. The van der Waals surface area contributed by atoms with E-state index in [1.807, 2.05) is 24.1 Å². The summed E-state index contributed by atoms with van der Waals surface area (Å²) in [4.78, 5) is 1.14. The van der Waals surface area contributed by atoms with Crippen molar-refractivity contribution in [3.05, 3.63) is 15.8 Å². The van der Waals surface area contributed by atoms with Crippen LogP contribution in [0.1, 0.15) is 29.7 Å². The number of sulfonamides is 1. The van der Waals surface area contributed by atoms with Gasteiger partial charge in [0, 0.05) is 22.7 Å². The Morgan fingerprint density at radius 3 is 2.84 bits per heavy atom. The summed E-state index contributed by atoms with van der Waals surface area (Å²) in [5, 5.41) is 2.43. The molecule has 0 aliphatic heterocycles. The van der Waals surface area contributed by atoms with Crippen molar-refractivity contribution in [1.29, 1.82) is 0 Å². The number of nitrogens with two attached hydrogens (primary N) is 1. The molecule has 1 fully saturated rings. The molecule has 0 saturated heterocycles. The van der Waals surface area contributed by atoms with Gasteiger partial charge in [-0.25, -0.2) is 13.1 Å². The molecule has 1 saturated carbocycles. The van der Waals surface area contributed by atoms with Crippen LogP contribution in [0.4, 0.5) is 0 Å². The lowest BCUT2D eigenvalue weighted by Gasteiger charge is -2.14. The van der Waals surface area contributed by atoms with Crippen LogP contribution in [-0.2, 0) is 16.6 Å². The van der Waals surface area contributed by atoms with Crippen molar-refractivity contribution < 1.29 is 8.42 Å². The summed E-state index contributed by atoms with van der Waals surface area (Å²) in [5.74, 6) is 0. The van der Waals surface area contributed by atoms with Gasteiger partial charge in [-0.1, -0.05) is 0 Å². The Labute approximate surface area is 123 Å². The molecule has 0 radical (unpaired) electrons. The molecule has 0 spiro atoms. The smallest absolute Gasteiger partial charge is 0.242 e. The van der Waals surface area contributed by atoms with Crippen LogP contribution in [0.5, 0.6) is 0 Å². The van der Waals surface area contributed by atoms with E-state index in [2.05, 4.69) is 11.0 Å². The van der Waals surface area contributed by atoms with E-state index < -0.39 is 10.0 Å². The Bertz CT molecular complexity index is 539. The monoisotopic (exact) mass is 320 g/mol. The Hall–Kier alpha value is -0.0800. The zero-order valence-electron chi connectivity index (χ0n) is 11.2. The lowest BCUT2D eigenvalue weighted by molar-refractivity contribution is 0.551. The number of nitrogens with one attached hydrogen (secondary N) is 1. The molecule has 2 rings (SSSR count). The molecule has 1 aliphatic rings. The van der Waals surface area contributed by atoms with Crippen molar-refractivity contribution >= 4 is 33.1 Å². The van der Waals surface area contributed by atoms with Gasteiger partial charge in [-0.05, 0) is 43.4 Å². The van der Waals surface area contributed by atoms with Crippen molar-refractivity contribution in [2.45, 2.75) is 48.9 Å². The van der Waals surface area contributed by atoms with E-state index in [0.717, 1.165) is 29.7 Å². The first-order valence-electron chi connectivity index (χ1n) is 6.30. The fourth-order valence-electron chi connectivity index (χ4n) is 2.53. The average Bonchev–Trinajstić information content (AvgIpc) is 2.95. The minimum atomic E-state index is -3.43. The first kappa shape index (κ1) is 15.3. The molecule has 1 heterocycles. The second kappa shape index (κ2) is 6.13. The Morgan fingerprint density at radius 1 is 1.53 bits per heavy atom. The number of thioether (sulfide) groups is 1. The Morgan fingerprint density at radius 2 is 2.26 bits per heavy atom. The highest BCUT2D eigenvalue weighted by molar-refractivity contribution is 7.99. The van der Waals surface area contributed by atoms with Crippen molar-refractivity contribution in [1.82, 2.24) is 4.72 Å². The maximum Gasteiger partial charge on any atom is 0.242 e. The van der Waals surface area contributed by atoms with Gasteiger partial charge in [0.05, 0.1) is 0 Å². The first-order chi connectivity index (χ1) is 8.97. The van der Waals surface area contributed by atoms with Crippen LogP contribution in [0, 0.1) is 6.92 Å². The number of hydrogen-bond acceptors (Lipinski definition) is 5. The number of hydrogen-bond donors (Lipinski definition) is 2. The normalized spacial score (nSPS) is 23.9. The predicted octanol–water partition coefficient (Wildman–Crippen LogP) is 2.08. The highest BCUT2D eigenvalue weighted by atomic mass is 32.2. The molecule has 4 nitrogen and oxygen atoms in total. The van der Waals surface area contributed by atoms with E-state index in [-0.39, 0.29) is 12.6 Å². The molecule has 0 bridgehead atoms. The van der Waals surface area contributed by atoms with Crippen LogP contribution >= 0.6 is 23.1 Å². The highest BCUT2D eigenvalue weighted by Crippen LogP contribution is 2.31. The van der Waals surface area contributed by atoms with Gasteiger partial charge >= 0.3 is 0 Å². The van der Waals surface area contributed by atoms with E-state index >= 15 is 0 Å². The number of rotatable bonds is 5. The molecule has 1 aromatic rings. The fraction of sp³-hybridized carbons (Fsp3) is 0.667. The van der Waals surface area contributed by atoms with Crippen molar-refractivity contribution in [3.8, 4) is 0 Å². The highest BCUT2D eigenvalue weighted by Gasteiger charge is 2.30. The molecule has 1 aromatic heterocycles. The topological polar surface area (TPSA) is 72.2 Å². The maximum absolute atomic E-state index is 12.5. The number of aryl methyl sites for hydroxylation is 1. The zero-order chi connectivity index (χ0) is 14.0. The first-order valence-corrected chi connectivity index (χ1v) is 9.95. The van der Waals surface area contributed by atoms with Crippen LogP contribution < -0.4 is 10.5 Å². The molecule has 19 heavy (non-hydrogen) atoms. The van der Waals surface area contributed by atoms with Gasteiger partial charge in [-0.3, -0.25) is 0 Å². The minimum absolute atomic E-state index is 0.0624. The largest absolute Gasteiger partial charge is 0.326 e. The third kappa shape index (κ3) is 3.33. The van der Waals surface area contributed by atoms with Crippen LogP contribution in [0.2, 0.25) is 0 Å². The van der Waals surface area contributed by atoms with Crippen LogP contribution in [0.3, 0.4) is 0 Å². The average molecular weight is 321 g/mol. The standard InChI is InChI=1S/C12H20N2O2S3/c1-8-7-18-11(6-13)12(8)19(15,16)14-9-3-4-10(5-9)17-2/h7,9-10,14H,3-6,13H2,1-2H3. The van der Waals surface area contributed by atoms with Crippen LogP contribution in [0.25, 0.3) is 0 Å². The van der Waals surface area contributed by atoms with E-state index in [1.54, 1.807) is 0 Å². The maximum atomic E-state index is 12.5. The third-order valence-corrected chi connectivity index (χ3v) is 7.58. The lowest BCUT2D eigenvalue weighted by Crippen LogP contribution is -2.33. The van der Waals surface area contributed by atoms with E-state index in [4.69, 9.17) is 5.73 Å². The third-order valence-electron chi connectivity index (χ3n) is 3.48. The van der Waals surface area contributed by atoms with Crippen molar-refractivity contribution in [2.75, 3.05) is 6.26 Å². The SMILES string of the molecule is CSC1CCC(NS(=O)(=O)c2c(C)csc2CN)C1. The van der Waals surface area contributed by atoms with E-state index in [9.17, 15) is 8.42 Å². The molecule has 7 heteroatoms. The molecule has 2 unspecified atom stereocenters. The van der Waals surface area contributed by atoms with Gasteiger partial charge in [0.2, 0.25) is 10.0 Å². The predicted molar refractivity (Wildman–Crippen MR) is 82.2 cm³/mol. The molecular weight excluding hydrogens is 300 g/mol. The summed E-state index contributed by atoms with van der Waals surface area (Å²) in [6.45, 7) is 2.09. The molecule has 2 atom stereocenters. The molecular formula is C12H20N2O2S3. The molecule has 3 N–H and O–H groups in total. The Balaban J connectivity index is 2.17. The number of thiophene rings is 1.